The number of ether oxygens (including phenoxy) is 3. The van der Waals surface area contributed by atoms with Crippen LogP contribution in [0.5, 0.6) is 17.4 Å². The highest BCUT2D eigenvalue weighted by Crippen LogP contribution is 2.36. The van der Waals surface area contributed by atoms with Crippen LogP contribution in [0.1, 0.15) is 34.5 Å². The third-order valence-corrected chi connectivity index (χ3v) is 6.89. The Kier molecular flexibility index (Phi) is 8.14. The molecule has 0 saturated carbocycles. The van der Waals surface area contributed by atoms with E-state index in [1.165, 1.54) is 18.2 Å². The second kappa shape index (κ2) is 11.9. The molecule has 3 aromatic carbocycles. The molecule has 7 nitrogen and oxygen atoms in total. The Balaban J connectivity index is 1.57. The Morgan fingerprint density at radius 2 is 1.90 bits per heavy atom. The van der Waals surface area contributed by atoms with Gasteiger partial charge in [-0.1, -0.05) is 29.8 Å². The first-order valence-corrected chi connectivity index (χ1v) is 13.1. The quantitative estimate of drug-likeness (QED) is 0.235. The highest BCUT2D eigenvalue weighted by atomic mass is 35.5. The van der Waals surface area contributed by atoms with Crippen molar-refractivity contribution in [2.24, 2.45) is 0 Å². The van der Waals surface area contributed by atoms with E-state index < -0.39 is 5.82 Å². The van der Waals surface area contributed by atoms with Gasteiger partial charge in [0.25, 0.3) is 5.91 Å². The molecule has 5 rings (SSSR count). The molecule has 0 bridgehead atoms. The van der Waals surface area contributed by atoms with E-state index in [4.69, 9.17) is 30.9 Å². The van der Waals surface area contributed by atoms with Crippen molar-refractivity contribution in [1.82, 2.24) is 14.7 Å². The van der Waals surface area contributed by atoms with Crippen LogP contribution in [-0.2, 0) is 11.3 Å². The van der Waals surface area contributed by atoms with Crippen molar-refractivity contribution in [2.75, 3.05) is 20.3 Å². The second-order valence-electron chi connectivity index (χ2n) is 9.34. The number of rotatable bonds is 9. The maximum atomic E-state index is 14.0. The number of methoxy groups -OCH3 is 1. The third kappa shape index (κ3) is 6.08. The summed E-state index contributed by atoms with van der Waals surface area (Å²) in [5, 5.41) is 5.37. The molecule has 0 aliphatic carbocycles. The van der Waals surface area contributed by atoms with Crippen molar-refractivity contribution in [3.63, 3.8) is 0 Å². The summed E-state index contributed by atoms with van der Waals surface area (Å²) >= 11 is 6.14. The molecule has 0 N–H and O–H groups in total. The minimum Gasteiger partial charge on any atom is -0.493 e. The van der Waals surface area contributed by atoms with E-state index in [0.29, 0.717) is 46.8 Å². The summed E-state index contributed by atoms with van der Waals surface area (Å²) in [6.07, 6.45) is 1.68. The molecule has 1 fully saturated rings. The average Bonchev–Trinajstić information content (AvgIpc) is 3.57. The Morgan fingerprint density at radius 1 is 1.13 bits per heavy atom. The van der Waals surface area contributed by atoms with E-state index in [-0.39, 0.29) is 24.1 Å². The van der Waals surface area contributed by atoms with Gasteiger partial charge < -0.3 is 19.1 Å². The van der Waals surface area contributed by atoms with Crippen LogP contribution in [0.2, 0.25) is 5.02 Å². The zero-order valence-corrected chi connectivity index (χ0v) is 22.5. The Hall–Kier alpha value is -3.88. The molecule has 4 aromatic rings. The van der Waals surface area contributed by atoms with E-state index in [0.717, 1.165) is 18.5 Å². The summed E-state index contributed by atoms with van der Waals surface area (Å²) < 4.78 is 33.5. The van der Waals surface area contributed by atoms with Gasteiger partial charge in [0, 0.05) is 23.7 Å². The Morgan fingerprint density at radius 3 is 2.59 bits per heavy atom. The average molecular weight is 550 g/mol. The van der Waals surface area contributed by atoms with Crippen LogP contribution in [0, 0.1) is 12.7 Å². The maximum absolute atomic E-state index is 14.0. The van der Waals surface area contributed by atoms with E-state index in [1.54, 1.807) is 41.0 Å². The summed E-state index contributed by atoms with van der Waals surface area (Å²) in [7, 11) is 1.58. The molecule has 1 amide bonds. The number of halogens is 2. The first-order chi connectivity index (χ1) is 18.9. The van der Waals surface area contributed by atoms with Crippen LogP contribution in [-0.4, -0.2) is 47.0 Å². The van der Waals surface area contributed by atoms with E-state index in [9.17, 15) is 9.18 Å². The summed E-state index contributed by atoms with van der Waals surface area (Å²) in [6, 6.07) is 20.3. The molecule has 1 aromatic heterocycles. The highest BCUT2D eigenvalue weighted by molar-refractivity contribution is 6.30. The summed E-state index contributed by atoms with van der Waals surface area (Å²) in [6.45, 7) is 3.06. The molecule has 1 unspecified atom stereocenters. The lowest BCUT2D eigenvalue weighted by atomic mass is 10.1. The monoisotopic (exact) mass is 549 g/mol. The van der Waals surface area contributed by atoms with Crippen molar-refractivity contribution in [1.29, 1.82) is 0 Å². The molecule has 9 heteroatoms. The number of hydrogen-bond donors (Lipinski definition) is 0. The fourth-order valence-corrected chi connectivity index (χ4v) is 4.76. The number of amides is 1. The third-order valence-electron chi connectivity index (χ3n) is 6.64. The van der Waals surface area contributed by atoms with Gasteiger partial charge in [-0.15, -0.1) is 0 Å². The lowest BCUT2D eigenvalue weighted by Crippen LogP contribution is -2.37. The van der Waals surface area contributed by atoms with E-state index >= 15 is 0 Å². The Bertz CT molecular complexity index is 1450. The Labute approximate surface area is 231 Å². The standard InChI is InChI=1S/C30H29ClFN3O4/c1-20-26(19-34(18-25-9-6-16-38-25)29(36)21-7-5-8-23(32)17-21)30(39-28-11-4-3-10-27(28)37-2)35(33-20)24-14-12-22(31)13-15-24/h3-5,7-8,10-15,17,25H,6,9,16,18-19H2,1-2H3. The largest absolute Gasteiger partial charge is 0.493 e. The number of nitrogens with zero attached hydrogens (tertiary/aromatic N) is 3. The van der Waals surface area contributed by atoms with Crippen LogP contribution < -0.4 is 9.47 Å². The molecule has 1 aliphatic rings. The number of hydrogen-bond acceptors (Lipinski definition) is 5. The van der Waals surface area contributed by atoms with Crippen molar-refractivity contribution in [2.45, 2.75) is 32.4 Å². The van der Waals surface area contributed by atoms with Crippen LogP contribution in [0.3, 0.4) is 0 Å². The smallest absolute Gasteiger partial charge is 0.254 e. The first kappa shape index (κ1) is 26.7. The fraction of sp³-hybridized carbons (Fsp3) is 0.267. The highest BCUT2D eigenvalue weighted by Gasteiger charge is 2.28. The summed E-state index contributed by atoms with van der Waals surface area (Å²) in [5.41, 5.74) is 2.39. The van der Waals surface area contributed by atoms with E-state index in [2.05, 4.69) is 0 Å². The van der Waals surface area contributed by atoms with Gasteiger partial charge in [0.15, 0.2) is 11.5 Å². The first-order valence-electron chi connectivity index (χ1n) is 12.7. The van der Waals surface area contributed by atoms with Crippen LogP contribution in [0.25, 0.3) is 5.69 Å². The van der Waals surface area contributed by atoms with Gasteiger partial charge in [0.2, 0.25) is 5.88 Å². The summed E-state index contributed by atoms with van der Waals surface area (Å²) in [4.78, 5) is 15.4. The second-order valence-corrected chi connectivity index (χ2v) is 9.78. The molecular formula is C30H29ClFN3O4. The molecule has 1 atom stereocenters. The molecule has 2 heterocycles. The number of para-hydroxylation sites is 2. The molecule has 0 radical (unpaired) electrons. The zero-order valence-electron chi connectivity index (χ0n) is 21.8. The van der Waals surface area contributed by atoms with Gasteiger partial charge in [-0.25, -0.2) is 9.07 Å². The van der Waals surface area contributed by atoms with E-state index in [1.807, 2.05) is 37.3 Å². The van der Waals surface area contributed by atoms with Crippen LogP contribution in [0.4, 0.5) is 4.39 Å². The van der Waals surface area contributed by atoms with Gasteiger partial charge in [0.1, 0.15) is 5.82 Å². The van der Waals surface area contributed by atoms with Gasteiger partial charge in [-0.2, -0.15) is 5.10 Å². The van der Waals surface area contributed by atoms with Crippen molar-refractivity contribution >= 4 is 17.5 Å². The van der Waals surface area contributed by atoms with Gasteiger partial charge in [0.05, 0.1) is 36.7 Å². The van der Waals surface area contributed by atoms with Gasteiger partial charge in [-0.3, -0.25) is 4.79 Å². The lowest BCUT2D eigenvalue weighted by Gasteiger charge is -2.26. The number of aryl methyl sites for hydroxylation is 1. The summed E-state index contributed by atoms with van der Waals surface area (Å²) in [5.74, 6) is 0.718. The minimum absolute atomic E-state index is 0.104. The predicted molar refractivity (Wildman–Crippen MR) is 146 cm³/mol. The number of carbonyl (C=O) groups is 1. The molecule has 0 spiro atoms. The zero-order chi connectivity index (χ0) is 27.4. The maximum Gasteiger partial charge on any atom is 0.254 e. The number of aromatic nitrogens is 2. The van der Waals surface area contributed by atoms with Crippen LogP contribution in [0.15, 0.2) is 72.8 Å². The predicted octanol–water partition coefficient (Wildman–Crippen LogP) is 6.60. The normalized spacial score (nSPS) is 14.8. The SMILES string of the molecule is COc1ccccc1Oc1c(CN(CC2CCCO2)C(=O)c2cccc(F)c2)c(C)nn1-c1ccc(Cl)cc1. The topological polar surface area (TPSA) is 65.8 Å². The number of carbonyl (C=O) groups excluding carboxylic acids is 1. The van der Waals surface area contributed by atoms with Gasteiger partial charge >= 0.3 is 0 Å². The molecular weight excluding hydrogens is 521 g/mol. The minimum atomic E-state index is -0.468. The van der Waals surface area contributed by atoms with Gasteiger partial charge in [-0.05, 0) is 74.4 Å². The number of benzene rings is 3. The lowest BCUT2D eigenvalue weighted by molar-refractivity contribution is 0.0505. The van der Waals surface area contributed by atoms with Crippen molar-refractivity contribution in [3.8, 4) is 23.1 Å². The fourth-order valence-electron chi connectivity index (χ4n) is 4.64. The van der Waals surface area contributed by atoms with Crippen molar-refractivity contribution in [3.05, 3.63) is 100 Å². The molecule has 1 saturated heterocycles. The van der Waals surface area contributed by atoms with Crippen molar-refractivity contribution < 1.29 is 23.4 Å². The van der Waals surface area contributed by atoms with Crippen LogP contribution >= 0.6 is 11.6 Å². The molecule has 202 valence electrons. The molecule has 39 heavy (non-hydrogen) atoms. The molecule has 1 aliphatic heterocycles.